The minimum absolute atomic E-state index is 0.00769. The van der Waals surface area contributed by atoms with Crippen LogP contribution in [0.3, 0.4) is 0 Å². The van der Waals surface area contributed by atoms with Gasteiger partial charge in [-0.25, -0.2) is 4.39 Å². The number of carbonyl (C=O) groups is 2. The van der Waals surface area contributed by atoms with E-state index in [1.165, 1.54) is 12.1 Å². The summed E-state index contributed by atoms with van der Waals surface area (Å²) in [5, 5.41) is 8.71. The van der Waals surface area contributed by atoms with Crippen LogP contribution >= 0.6 is 0 Å². The number of hydrogen-bond acceptors (Lipinski definition) is 4. The number of halogens is 1. The Bertz CT molecular complexity index is 663. The van der Waals surface area contributed by atoms with Gasteiger partial charge in [-0.1, -0.05) is 12.5 Å². The maximum absolute atomic E-state index is 13.8. The molecule has 0 radical (unpaired) electrons. The highest BCUT2D eigenvalue weighted by molar-refractivity contribution is 5.87. The Morgan fingerprint density at radius 3 is 2.61 bits per heavy atom. The molecular weight excluding hydrogens is 297 g/mol. The van der Waals surface area contributed by atoms with E-state index >= 15 is 0 Å². The van der Waals surface area contributed by atoms with Gasteiger partial charge in [-0.3, -0.25) is 9.59 Å². The van der Waals surface area contributed by atoms with Crippen LogP contribution in [0.25, 0.3) is 0 Å². The summed E-state index contributed by atoms with van der Waals surface area (Å²) >= 11 is 0. The van der Waals surface area contributed by atoms with E-state index in [-0.39, 0.29) is 41.5 Å². The molecule has 1 aromatic carbocycles. The van der Waals surface area contributed by atoms with Crippen molar-refractivity contribution in [3.8, 4) is 6.07 Å². The van der Waals surface area contributed by atoms with Crippen molar-refractivity contribution in [2.75, 3.05) is 0 Å². The maximum atomic E-state index is 13.8. The molecule has 2 bridgehead atoms. The highest BCUT2D eigenvalue weighted by atomic mass is 19.1. The molecule has 0 spiro atoms. The smallest absolute Gasteiger partial charge is 0.309 e. The van der Waals surface area contributed by atoms with E-state index in [2.05, 4.69) is 0 Å². The second-order valence-corrected chi connectivity index (χ2v) is 6.42. The Morgan fingerprint density at radius 2 is 2.00 bits per heavy atom. The van der Waals surface area contributed by atoms with Crippen molar-refractivity contribution >= 4 is 11.8 Å². The highest BCUT2D eigenvalue weighted by Gasteiger charge is 2.41. The van der Waals surface area contributed by atoms with Gasteiger partial charge in [0.2, 0.25) is 0 Å². The number of nitriles is 1. The van der Waals surface area contributed by atoms with E-state index in [4.69, 9.17) is 10.00 Å². The molecule has 1 unspecified atom stereocenters. The topological polar surface area (TPSA) is 67.2 Å². The van der Waals surface area contributed by atoms with Crippen molar-refractivity contribution < 1.29 is 18.7 Å². The summed E-state index contributed by atoms with van der Waals surface area (Å²) in [7, 11) is 0. The number of hydrogen-bond donors (Lipinski definition) is 0. The number of nitrogens with zero attached hydrogens (tertiary/aromatic N) is 1. The number of rotatable bonds is 3. The average Bonchev–Trinajstić information content (AvgIpc) is 2.53. The molecule has 4 nitrogen and oxygen atoms in total. The third-order valence-corrected chi connectivity index (χ3v) is 4.93. The van der Waals surface area contributed by atoms with Gasteiger partial charge in [-0.15, -0.1) is 0 Å². The van der Waals surface area contributed by atoms with E-state index in [1.54, 1.807) is 0 Å². The zero-order valence-corrected chi connectivity index (χ0v) is 12.8. The van der Waals surface area contributed by atoms with Gasteiger partial charge in [0.05, 0.1) is 17.6 Å². The Hall–Kier alpha value is -2.22. The van der Waals surface area contributed by atoms with Crippen LogP contribution < -0.4 is 0 Å². The molecule has 0 aliphatic heterocycles. The first-order valence-corrected chi connectivity index (χ1v) is 7.97. The fraction of sp³-hybridized carbons (Fsp3) is 0.500. The molecule has 0 N–H and O–H groups in total. The van der Waals surface area contributed by atoms with E-state index < -0.39 is 5.82 Å². The molecule has 1 aromatic rings. The lowest BCUT2D eigenvalue weighted by Crippen LogP contribution is -2.39. The normalized spacial score (nSPS) is 26.4. The number of fused-ring (bicyclic) bond motifs is 2. The summed E-state index contributed by atoms with van der Waals surface area (Å²) < 4.78 is 19.0. The van der Waals surface area contributed by atoms with Crippen LogP contribution in [0.15, 0.2) is 18.2 Å². The summed E-state index contributed by atoms with van der Waals surface area (Å²) in [5.74, 6) is -0.869. The van der Waals surface area contributed by atoms with Crippen LogP contribution in [0.2, 0.25) is 0 Å². The summed E-state index contributed by atoms with van der Waals surface area (Å²) in [6, 6.07) is 5.94. The number of esters is 1. The Morgan fingerprint density at radius 1 is 1.30 bits per heavy atom. The third-order valence-electron chi connectivity index (χ3n) is 4.93. The van der Waals surface area contributed by atoms with Gasteiger partial charge >= 0.3 is 5.97 Å². The monoisotopic (exact) mass is 315 g/mol. The second kappa shape index (κ2) is 6.49. The quantitative estimate of drug-likeness (QED) is 0.804. The van der Waals surface area contributed by atoms with E-state index in [0.717, 1.165) is 25.3 Å². The minimum Gasteiger partial charge on any atom is -0.460 e. The van der Waals surface area contributed by atoms with Crippen LogP contribution in [-0.2, 0) is 20.9 Å². The molecule has 2 aliphatic rings. The standard InChI is InChI=1S/C18H18FNO3/c19-16-6-11(9-20)4-5-14(16)10-23-18(22)15-7-12-2-1-3-13(8-15)17(12)21/h4-6,12-13,15H,1-3,7-8,10H2/t12-,13+,15?. The van der Waals surface area contributed by atoms with Gasteiger partial charge < -0.3 is 4.74 Å². The Kier molecular flexibility index (Phi) is 4.42. The molecule has 2 fully saturated rings. The molecule has 2 saturated carbocycles. The first-order valence-electron chi connectivity index (χ1n) is 7.97. The highest BCUT2D eigenvalue weighted by Crippen LogP contribution is 2.40. The van der Waals surface area contributed by atoms with Gasteiger partial charge in [-0.05, 0) is 37.8 Å². The van der Waals surface area contributed by atoms with Gasteiger partial charge in [0.15, 0.2) is 0 Å². The molecule has 3 atom stereocenters. The zero-order valence-electron chi connectivity index (χ0n) is 12.8. The van der Waals surface area contributed by atoms with Crippen molar-refractivity contribution in [2.45, 2.75) is 38.7 Å². The average molecular weight is 315 g/mol. The molecule has 0 saturated heterocycles. The third kappa shape index (κ3) is 3.26. The first kappa shape index (κ1) is 15.7. The van der Waals surface area contributed by atoms with Crippen molar-refractivity contribution in [1.29, 1.82) is 5.26 Å². The molecule has 23 heavy (non-hydrogen) atoms. The van der Waals surface area contributed by atoms with Crippen molar-refractivity contribution in [2.24, 2.45) is 17.8 Å². The minimum atomic E-state index is -0.549. The Balaban J connectivity index is 1.60. The van der Waals surface area contributed by atoms with E-state index in [0.29, 0.717) is 18.6 Å². The number of ether oxygens (including phenoxy) is 1. The van der Waals surface area contributed by atoms with Gasteiger partial charge in [0.25, 0.3) is 0 Å². The molecule has 3 rings (SSSR count). The lowest BCUT2D eigenvalue weighted by Gasteiger charge is -2.36. The fourth-order valence-electron chi connectivity index (χ4n) is 3.67. The number of carbonyl (C=O) groups excluding carboxylic acids is 2. The van der Waals surface area contributed by atoms with Gasteiger partial charge in [-0.2, -0.15) is 5.26 Å². The fourth-order valence-corrected chi connectivity index (χ4v) is 3.67. The largest absolute Gasteiger partial charge is 0.460 e. The maximum Gasteiger partial charge on any atom is 0.309 e. The van der Waals surface area contributed by atoms with E-state index in [9.17, 15) is 14.0 Å². The lowest BCUT2D eigenvalue weighted by atomic mass is 9.67. The summed E-state index contributed by atoms with van der Waals surface area (Å²) in [5.41, 5.74) is 0.487. The molecule has 2 aliphatic carbocycles. The Labute approximate surface area is 134 Å². The molecule has 0 aromatic heterocycles. The molecule has 0 amide bonds. The summed E-state index contributed by atoms with van der Waals surface area (Å²) in [4.78, 5) is 24.3. The first-order chi connectivity index (χ1) is 11.1. The van der Waals surface area contributed by atoms with Gasteiger partial charge in [0.1, 0.15) is 18.2 Å². The number of benzene rings is 1. The van der Waals surface area contributed by atoms with Crippen molar-refractivity contribution in [1.82, 2.24) is 0 Å². The van der Waals surface area contributed by atoms with E-state index in [1.807, 2.05) is 6.07 Å². The van der Waals surface area contributed by atoms with Crippen LogP contribution in [0.1, 0.15) is 43.2 Å². The summed E-state index contributed by atoms with van der Waals surface area (Å²) in [6.07, 6.45) is 3.90. The SMILES string of the molecule is N#Cc1ccc(COC(=O)C2C[C@H]3CCC[C@@H](C2)C3=O)c(F)c1. The molecule has 0 heterocycles. The molecular formula is C18H18FNO3. The summed E-state index contributed by atoms with van der Waals surface area (Å²) in [6.45, 7) is -0.143. The number of Topliss-reactive ketones (excluding diaryl/α,β-unsaturated/α-hetero) is 1. The van der Waals surface area contributed by atoms with Crippen LogP contribution in [0.4, 0.5) is 4.39 Å². The molecule has 5 heteroatoms. The number of ketones is 1. The zero-order chi connectivity index (χ0) is 16.4. The van der Waals surface area contributed by atoms with Gasteiger partial charge in [0, 0.05) is 17.4 Å². The predicted molar refractivity (Wildman–Crippen MR) is 79.5 cm³/mol. The van der Waals surface area contributed by atoms with Crippen molar-refractivity contribution in [3.63, 3.8) is 0 Å². The van der Waals surface area contributed by atoms with Crippen molar-refractivity contribution in [3.05, 3.63) is 35.1 Å². The predicted octanol–water partition coefficient (Wildman–Crippen LogP) is 3.14. The van der Waals surface area contributed by atoms with Crippen LogP contribution in [0, 0.1) is 34.9 Å². The second-order valence-electron chi connectivity index (χ2n) is 6.42. The lowest BCUT2D eigenvalue weighted by molar-refractivity contribution is -0.154. The molecule has 120 valence electrons. The van der Waals surface area contributed by atoms with Crippen LogP contribution in [-0.4, -0.2) is 11.8 Å². The van der Waals surface area contributed by atoms with Crippen LogP contribution in [0.5, 0.6) is 0 Å².